The number of hydrogen-bond acceptors (Lipinski definition) is 16. The molecule has 7 atom stereocenters. The highest BCUT2D eigenvalue weighted by Crippen LogP contribution is 2.64. The Kier molecular flexibility index (Phi) is 9.78. The third-order valence-electron chi connectivity index (χ3n) is 12.8. The number of nitrogens with zero attached hydrogens (tertiary/aromatic N) is 2. The molecular formula is C43H47N3O12S. The summed E-state index contributed by atoms with van der Waals surface area (Å²) < 4.78 is 42.0. The topological polar surface area (TPSA) is 175 Å². The van der Waals surface area contributed by atoms with E-state index in [2.05, 4.69) is 16.8 Å². The fourth-order valence-corrected chi connectivity index (χ4v) is 12.0. The number of esters is 3. The number of aromatic hydroxyl groups is 1. The molecule has 3 aromatic rings. The SMILES string of the molecule is C=CCC(=O)Oc1cc2c(cc1OC)[C@@]1(CS[C@@H]3c4c(OC(C)=O)c(C)c5c(c4[C@H](COC1=O)N1C3[C@H]3c4c(cc(C)c(OC)c4O)C[C@@H]([C@@H]1O)N3C)OCO5)NCC2. The molecule has 3 aromatic carbocycles. The minimum Gasteiger partial charge on any atom is -0.504 e. The zero-order valence-corrected chi connectivity index (χ0v) is 34.5. The number of piperazine rings is 1. The van der Waals surface area contributed by atoms with Crippen LogP contribution >= 0.6 is 11.8 Å². The van der Waals surface area contributed by atoms with E-state index in [1.54, 1.807) is 12.1 Å². The number of hydrogen-bond donors (Lipinski definition) is 3. The number of rotatable bonds is 6. The number of aliphatic hydroxyl groups is 1. The number of aryl methyl sites for hydroxylation is 1. The second-order valence-electron chi connectivity index (χ2n) is 15.9. The van der Waals surface area contributed by atoms with Crippen LogP contribution in [-0.2, 0) is 37.5 Å². The molecule has 7 heterocycles. The first-order valence-electron chi connectivity index (χ1n) is 19.6. The van der Waals surface area contributed by atoms with Crippen LogP contribution in [0.5, 0.6) is 40.2 Å². The summed E-state index contributed by atoms with van der Waals surface area (Å²) in [7, 11) is 4.95. The van der Waals surface area contributed by atoms with E-state index in [1.165, 1.54) is 39.0 Å². The lowest BCUT2D eigenvalue weighted by atomic mass is 9.73. The van der Waals surface area contributed by atoms with Crippen molar-refractivity contribution >= 4 is 29.7 Å². The normalized spacial score (nSPS) is 27.7. The van der Waals surface area contributed by atoms with E-state index in [0.717, 1.165) is 16.7 Å². The van der Waals surface area contributed by atoms with Crippen molar-refractivity contribution in [3.63, 3.8) is 0 Å². The van der Waals surface area contributed by atoms with Crippen molar-refractivity contribution in [2.75, 3.05) is 47.0 Å². The van der Waals surface area contributed by atoms with E-state index in [4.69, 9.17) is 33.2 Å². The lowest BCUT2D eigenvalue weighted by Crippen LogP contribution is -2.70. The molecule has 0 saturated carbocycles. The fourth-order valence-electron chi connectivity index (χ4n) is 10.3. The molecule has 1 spiro atoms. The van der Waals surface area contributed by atoms with Crippen LogP contribution in [0.4, 0.5) is 0 Å². The van der Waals surface area contributed by atoms with Gasteiger partial charge >= 0.3 is 17.9 Å². The molecule has 312 valence electrons. The quantitative estimate of drug-likeness (QED) is 0.183. The van der Waals surface area contributed by atoms with Gasteiger partial charge in [0.15, 0.2) is 40.0 Å². The molecular weight excluding hydrogens is 783 g/mol. The van der Waals surface area contributed by atoms with Crippen molar-refractivity contribution in [2.45, 2.75) is 81.2 Å². The minimum absolute atomic E-state index is 0.00630. The highest BCUT2D eigenvalue weighted by atomic mass is 32.2. The molecule has 1 unspecified atom stereocenters. The Labute approximate surface area is 345 Å². The number of phenols is 1. The molecule has 10 rings (SSSR count). The van der Waals surface area contributed by atoms with Gasteiger partial charge in [-0.1, -0.05) is 12.1 Å². The van der Waals surface area contributed by atoms with Crippen LogP contribution in [0.3, 0.4) is 0 Å². The van der Waals surface area contributed by atoms with Crippen LogP contribution < -0.4 is 33.7 Å². The Morgan fingerprint density at radius 3 is 2.54 bits per heavy atom. The molecule has 2 saturated heterocycles. The third-order valence-corrected chi connectivity index (χ3v) is 14.3. The molecule has 59 heavy (non-hydrogen) atoms. The van der Waals surface area contributed by atoms with E-state index in [9.17, 15) is 24.6 Å². The van der Waals surface area contributed by atoms with Crippen molar-refractivity contribution < 1.29 is 57.8 Å². The number of nitrogens with one attached hydrogen (secondary N) is 1. The molecule has 7 aliphatic rings. The van der Waals surface area contributed by atoms with Gasteiger partial charge in [0, 0.05) is 47.5 Å². The molecule has 3 N–H and O–H groups in total. The number of benzene rings is 3. The Morgan fingerprint density at radius 2 is 1.81 bits per heavy atom. The third kappa shape index (κ3) is 5.81. The number of carbonyl (C=O) groups excluding carboxylic acids is 3. The standard InChI is InChI=1S/C43H47N3O12S/c1-8-9-29(48)58-28-14-22-10-11-44-43(24(22)15-27(28)52-6)17-59-40-32-31(39-38(55-18-56-39)20(3)37(32)57-21(4)47)26(16-54-42(43)51)46-34(40)33-30-23(13-25(41(46)50)45(33)5)12-19(2)36(53-7)35(30)49/h8,12,14-15,25-26,33-34,40-41,44,49-50H,1,9-11,13,16-18H2,2-7H3/t25-,26-,33+,34?,40+,41-,43+/m0/s1. The van der Waals surface area contributed by atoms with E-state index in [1.807, 2.05) is 31.9 Å². The summed E-state index contributed by atoms with van der Waals surface area (Å²) >= 11 is 1.45. The van der Waals surface area contributed by atoms with Gasteiger partial charge in [-0.25, -0.2) is 4.79 Å². The second kappa shape index (κ2) is 14.6. The van der Waals surface area contributed by atoms with Crippen LogP contribution in [-0.4, -0.2) is 103 Å². The Bertz CT molecular complexity index is 2320. The number of thioether (sulfide) groups is 1. The zero-order chi connectivity index (χ0) is 41.7. The van der Waals surface area contributed by atoms with Gasteiger partial charge in [0.25, 0.3) is 0 Å². The molecule has 4 bridgehead atoms. The average molecular weight is 830 g/mol. The number of methoxy groups -OCH3 is 2. The molecule has 2 fully saturated rings. The number of fused-ring (bicyclic) bond motifs is 9. The van der Waals surface area contributed by atoms with E-state index in [0.29, 0.717) is 70.2 Å². The van der Waals surface area contributed by atoms with Crippen LogP contribution in [0.1, 0.15) is 75.2 Å². The second-order valence-corrected chi connectivity index (χ2v) is 17.0. The van der Waals surface area contributed by atoms with Gasteiger partial charge in [0.2, 0.25) is 6.79 Å². The summed E-state index contributed by atoms with van der Waals surface area (Å²) in [5.74, 6) is 0.583. The summed E-state index contributed by atoms with van der Waals surface area (Å²) in [4.78, 5) is 44.6. The Morgan fingerprint density at radius 1 is 1.03 bits per heavy atom. The highest BCUT2D eigenvalue weighted by Gasteiger charge is 2.61. The Hall–Kier alpha value is -5.00. The molecule has 0 amide bonds. The van der Waals surface area contributed by atoms with E-state index >= 15 is 0 Å². The maximum atomic E-state index is 14.9. The summed E-state index contributed by atoms with van der Waals surface area (Å²) in [6.45, 7) is 8.78. The monoisotopic (exact) mass is 829 g/mol. The molecule has 0 aromatic heterocycles. The number of carbonyl (C=O) groups is 3. The largest absolute Gasteiger partial charge is 0.504 e. The predicted octanol–water partition coefficient (Wildman–Crippen LogP) is 4.19. The predicted molar refractivity (Wildman–Crippen MR) is 213 cm³/mol. The average Bonchev–Trinajstić information content (AvgIpc) is 3.70. The van der Waals surface area contributed by atoms with Crippen molar-refractivity contribution in [3.05, 3.63) is 75.4 Å². The summed E-state index contributed by atoms with van der Waals surface area (Å²) in [5, 5.41) is 27.6. The summed E-state index contributed by atoms with van der Waals surface area (Å²) in [6.07, 6.45) is 1.36. The maximum Gasteiger partial charge on any atom is 0.331 e. The first kappa shape index (κ1) is 39.5. The van der Waals surface area contributed by atoms with Crippen molar-refractivity contribution in [3.8, 4) is 40.2 Å². The van der Waals surface area contributed by atoms with Crippen LogP contribution in [0, 0.1) is 13.8 Å². The summed E-state index contributed by atoms with van der Waals surface area (Å²) in [6, 6.07) is 3.15. The molecule has 15 nitrogen and oxygen atoms in total. The van der Waals surface area contributed by atoms with Crippen molar-refractivity contribution in [1.82, 2.24) is 15.1 Å². The highest BCUT2D eigenvalue weighted by molar-refractivity contribution is 7.99. The fraction of sp³-hybridized carbons (Fsp3) is 0.465. The van der Waals surface area contributed by atoms with Crippen LogP contribution in [0.2, 0.25) is 0 Å². The Balaban J connectivity index is 1.28. The van der Waals surface area contributed by atoms with Gasteiger partial charge in [0.05, 0.1) is 44.0 Å². The van der Waals surface area contributed by atoms with Crippen LogP contribution in [0.25, 0.3) is 0 Å². The van der Waals surface area contributed by atoms with Gasteiger partial charge in [-0.2, -0.15) is 0 Å². The van der Waals surface area contributed by atoms with Crippen LogP contribution in [0.15, 0.2) is 30.9 Å². The van der Waals surface area contributed by atoms with Gasteiger partial charge in [-0.05, 0) is 68.1 Å². The molecule has 7 aliphatic heterocycles. The first-order valence-corrected chi connectivity index (χ1v) is 20.7. The number of aliphatic hydroxyl groups excluding tert-OH is 1. The van der Waals surface area contributed by atoms with E-state index in [-0.39, 0.29) is 42.8 Å². The lowest BCUT2D eigenvalue weighted by Gasteiger charge is -2.62. The molecule has 0 aliphatic carbocycles. The van der Waals surface area contributed by atoms with E-state index < -0.39 is 59.1 Å². The van der Waals surface area contributed by atoms with Gasteiger partial charge in [0.1, 0.15) is 18.6 Å². The van der Waals surface area contributed by atoms with Crippen molar-refractivity contribution in [1.29, 1.82) is 0 Å². The van der Waals surface area contributed by atoms with Gasteiger partial charge in [-0.3, -0.25) is 24.7 Å². The first-order chi connectivity index (χ1) is 28.3. The zero-order valence-electron chi connectivity index (χ0n) is 33.7. The smallest absolute Gasteiger partial charge is 0.331 e. The van der Waals surface area contributed by atoms with Gasteiger partial charge in [-0.15, -0.1) is 18.3 Å². The molecule has 0 radical (unpaired) electrons. The number of phenolic OH excluding ortho intramolecular Hbond substituents is 1. The maximum absolute atomic E-state index is 14.9. The molecule has 16 heteroatoms. The van der Waals surface area contributed by atoms with Gasteiger partial charge < -0.3 is 43.4 Å². The lowest BCUT2D eigenvalue weighted by molar-refractivity contribution is -0.186. The van der Waals surface area contributed by atoms with Crippen molar-refractivity contribution in [2.24, 2.45) is 0 Å². The minimum atomic E-state index is -1.42. The number of likely N-dealkylation sites (N-methyl/N-ethyl adjacent to an activating group) is 1. The number of ether oxygens (including phenoxy) is 7. The summed E-state index contributed by atoms with van der Waals surface area (Å²) in [5.41, 5.74) is 4.16.